The number of hydrogen-bond donors (Lipinski definition) is 2. The minimum Gasteiger partial charge on any atom is -0.496 e. The van der Waals surface area contributed by atoms with Crippen LogP contribution in [0.3, 0.4) is 0 Å². The van der Waals surface area contributed by atoms with E-state index in [1.807, 2.05) is 24.3 Å². The molecule has 11 nitrogen and oxygen atoms in total. The first-order valence-corrected chi connectivity index (χ1v) is 17.2. The van der Waals surface area contributed by atoms with E-state index in [9.17, 15) is 19.2 Å². The molecule has 2 N–H and O–H groups in total. The van der Waals surface area contributed by atoms with Crippen molar-refractivity contribution in [1.82, 2.24) is 20.5 Å². The molecule has 1 saturated carbocycles. The molecule has 260 valence electrons. The first-order valence-electron chi connectivity index (χ1n) is 16.4. The van der Waals surface area contributed by atoms with Gasteiger partial charge >= 0.3 is 6.09 Å². The number of carbonyl (C=O) groups excluding carboxylic acids is 4. The molecule has 0 bridgehead atoms. The number of carbonyl (C=O) groups is 4. The lowest BCUT2D eigenvalue weighted by Gasteiger charge is -2.30. The molecule has 2 fully saturated rings. The summed E-state index contributed by atoms with van der Waals surface area (Å²) in [5.74, 6) is -0.261. The number of hydrogen-bond acceptors (Lipinski definition) is 8. The zero-order valence-corrected chi connectivity index (χ0v) is 30.1. The number of Topliss-reactive ketones (excluding diaryl/α,β-unsaturated/α-hetero) is 1. The average Bonchev–Trinajstić information content (AvgIpc) is 3.58. The summed E-state index contributed by atoms with van der Waals surface area (Å²) in [5, 5.41) is 7.26. The van der Waals surface area contributed by atoms with Gasteiger partial charge in [0.1, 0.15) is 35.1 Å². The van der Waals surface area contributed by atoms with E-state index in [1.165, 1.54) is 11.8 Å². The number of nitrogens with one attached hydrogen (secondary N) is 2. The quantitative estimate of drug-likeness (QED) is 0.168. The molecule has 2 aliphatic rings. The van der Waals surface area contributed by atoms with E-state index >= 15 is 0 Å². The second-order valence-electron chi connectivity index (χ2n) is 13.5. The maximum atomic E-state index is 14.3. The Balaban J connectivity index is 1.63. The van der Waals surface area contributed by atoms with Crippen LogP contribution < -0.4 is 20.1 Å². The fourth-order valence-electron chi connectivity index (χ4n) is 6.16. The van der Waals surface area contributed by atoms with E-state index in [2.05, 4.69) is 44.7 Å². The molecule has 1 aromatic carbocycles. The van der Waals surface area contributed by atoms with Crippen LogP contribution in [0.2, 0.25) is 0 Å². The molecule has 1 saturated heterocycles. The summed E-state index contributed by atoms with van der Waals surface area (Å²) in [6.45, 7) is 14.3. The van der Waals surface area contributed by atoms with Crippen LogP contribution in [0.15, 0.2) is 54.2 Å². The molecule has 1 aliphatic heterocycles. The number of amides is 3. The van der Waals surface area contributed by atoms with Gasteiger partial charge in [-0.25, -0.2) is 9.78 Å². The lowest BCUT2D eigenvalue weighted by molar-refractivity contribution is -0.141. The number of pyridine rings is 1. The number of unbranched alkanes of at least 4 members (excludes halogenated alkanes) is 3. The van der Waals surface area contributed by atoms with Crippen LogP contribution in [-0.2, 0) is 19.1 Å². The first-order chi connectivity index (χ1) is 22.7. The minimum atomic E-state index is -1.05. The van der Waals surface area contributed by atoms with E-state index in [0.29, 0.717) is 30.9 Å². The van der Waals surface area contributed by atoms with Crippen LogP contribution >= 0.6 is 15.9 Å². The van der Waals surface area contributed by atoms with Gasteiger partial charge in [-0.15, -0.1) is 13.2 Å². The predicted molar refractivity (Wildman–Crippen MR) is 187 cm³/mol. The molecule has 2 heterocycles. The Morgan fingerprint density at radius 1 is 1.19 bits per heavy atom. The summed E-state index contributed by atoms with van der Waals surface area (Å²) < 4.78 is 18.1. The van der Waals surface area contributed by atoms with Gasteiger partial charge in [0, 0.05) is 23.9 Å². The number of likely N-dealkylation sites (tertiary alicyclic amines) is 1. The van der Waals surface area contributed by atoms with E-state index < -0.39 is 47.2 Å². The highest BCUT2D eigenvalue weighted by Crippen LogP contribution is 2.45. The highest BCUT2D eigenvalue weighted by Gasteiger charge is 2.58. The molecule has 0 spiro atoms. The SMILES string of the molecule is C=CCCCCC[C@H](NC(=O)OC(C)(C)C)C(=O)N1C[C@H](Oc2nccc3cc(OC)c(Br)cc23)C[C@H]1C(=O)N[C@]1(C(C)=O)C[C@@H]1C=C. The zero-order valence-electron chi connectivity index (χ0n) is 28.5. The largest absolute Gasteiger partial charge is 0.496 e. The molecule has 2 aromatic rings. The van der Waals surface area contributed by atoms with Crippen molar-refractivity contribution in [3.63, 3.8) is 0 Å². The van der Waals surface area contributed by atoms with Gasteiger partial charge in [0.15, 0.2) is 5.78 Å². The fourth-order valence-corrected chi connectivity index (χ4v) is 6.67. The lowest BCUT2D eigenvalue weighted by Crippen LogP contribution is -2.56. The van der Waals surface area contributed by atoms with Crippen LogP contribution in [0.25, 0.3) is 10.8 Å². The number of ketones is 1. The van der Waals surface area contributed by atoms with Crippen LogP contribution in [-0.4, -0.2) is 76.6 Å². The summed E-state index contributed by atoms with van der Waals surface area (Å²) >= 11 is 3.53. The van der Waals surface area contributed by atoms with Gasteiger partial charge in [-0.1, -0.05) is 25.0 Å². The second kappa shape index (κ2) is 15.5. The number of fused-ring (bicyclic) bond motifs is 1. The number of benzene rings is 1. The highest BCUT2D eigenvalue weighted by atomic mass is 79.9. The summed E-state index contributed by atoms with van der Waals surface area (Å²) in [6.07, 6.45) is 8.00. The van der Waals surface area contributed by atoms with Crippen LogP contribution in [0.1, 0.15) is 72.6 Å². The molecular formula is C36H47BrN4O7. The molecule has 1 aromatic heterocycles. The molecule has 5 atom stereocenters. The minimum absolute atomic E-state index is 0.0627. The van der Waals surface area contributed by atoms with Gasteiger partial charge in [0.05, 0.1) is 18.1 Å². The van der Waals surface area contributed by atoms with Gasteiger partial charge in [-0.3, -0.25) is 14.4 Å². The molecule has 1 aliphatic carbocycles. The van der Waals surface area contributed by atoms with E-state index in [1.54, 1.807) is 40.2 Å². The standard InChI is InChI=1S/C36H47BrN4O7/c1-8-10-11-12-13-14-28(39-34(45)48-35(4,5)6)33(44)41-21-25(18-29(41)31(43)40-36(22(3)42)20-24(36)9-2)47-32-26-19-27(37)30(46-7)17-23(26)15-16-38-32/h8-9,15-17,19,24-25,28-29H,1-2,10-14,18,20-21H2,3-7H3,(H,39,45)(H,40,43)/t24-,25+,28-,29-,36-/m0/s1. The van der Waals surface area contributed by atoms with Crippen LogP contribution in [0.5, 0.6) is 11.6 Å². The number of nitrogens with zero attached hydrogens (tertiary/aromatic N) is 2. The zero-order chi connectivity index (χ0) is 35.2. The Morgan fingerprint density at radius 3 is 2.56 bits per heavy atom. The molecule has 4 rings (SSSR count). The number of allylic oxidation sites excluding steroid dienone is 1. The first kappa shape index (κ1) is 36.9. The molecule has 12 heteroatoms. The van der Waals surface area contributed by atoms with Gasteiger partial charge in [-0.2, -0.15) is 0 Å². The maximum absolute atomic E-state index is 14.3. The van der Waals surface area contributed by atoms with Crippen molar-refractivity contribution in [3.05, 3.63) is 54.2 Å². The van der Waals surface area contributed by atoms with Crippen LogP contribution in [0, 0.1) is 5.92 Å². The molecule has 0 radical (unpaired) electrons. The predicted octanol–water partition coefficient (Wildman–Crippen LogP) is 6.03. The monoisotopic (exact) mass is 726 g/mol. The maximum Gasteiger partial charge on any atom is 0.408 e. The van der Waals surface area contributed by atoms with Crippen molar-refractivity contribution >= 4 is 50.4 Å². The summed E-state index contributed by atoms with van der Waals surface area (Å²) in [4.78, 5) is 59.8. The van der Waals surface area contributed by atoms with Crippen LogP contribution in [0.4, 0.5) is 4.79 Å². The smallest absolute Gasteiger partial charge is 0.408 e. The Bertz CT molecular complexity index is 1560. The highest BCUT2D eigenvalue weighted by molar-refractivity contribution is 9.10. The Labute approximate surface area is 291 Å². The third-order valence-electron chi connectivity index (χ3n) is 8.79. The molecule has 3 amide bonds. The van der Waals surface area contributed by atoms with E-state index in [-0.39, 0.29) is 24.7 Å². The Hall–Kier alpha value is -3.93. The lowest BCUT2D eigenvalue weighted by atomic mass is 10.0. The number of aromatic nitrogens is 1. The van der Waals surface area contributed by atoms with Crippen molar-refractivity contribution < 1.29 is 33.4 Å². The van der Waals surface area contributed by atoms with Crippen molar-refractivity contribution in [1.29, 1.82) is 0 Å². The van der Waals surface area contributed by atoms with Crippen molar-refractivity contribution in [3.8, 4) is 11.6 Å². The normalized spacial score (nSPS) is 22.4. The third-order valence-corrected chi connectivity index (χ3v) is 9.41. The van der Waals surface area contributed by atoms with E-state index in [4.69, 9.17) is 14.2 Å². The van der Waals surface area contributed by atoms with Crippen molar-refractivity contribution in [2.24, 2.45) is 5.92 Å². The van der Waals surface area contributed by atoms with Gasteiger partial charge in [0.2, 0.25) is 17.7 Å². The number of rotatable bonds is 15. The Kier molecular flexibility index (Phi) is 11.9. The number of ether oxygens (including phenoxy) is 3. The molecular weight excluding hydrogens is 680 g/mol. The van der Waals surface area contributed by atoms with Gasteiger partial charge in [0.25, 0.3) is 0 Å². The fraction of sp³-hybridized carbons (Fsp3) is 0.528. The van der Waals surface area contributed by atoms with E-state index in [0.717, 1.165) is 34.5 Å². The Morgan fingerprint density at radius 2 is 1.94 bits per heavy atom. The second-order valence-corrected chi connectivity index (χ2v) is 14.3. The van der Waals surface area contributed by atoms with Gasteiger partial charge < -0.3 is 29.7 Å². The van der Waals surface area contributed by atoms with Gasteiger partial charge in [-0.05, 0) is 92.9 Å². The molecule has 48 heavy (non-hydrogen) atoms. The molecule has 0 unspecified atom stereocenters. The third kappa shape index (κ3) is 8.75. The van der Waals surface area contributed by atoms with Crippen molar-refractivity contribution in [2.75, 3.05) is 13.7 Å². The number of methoxy groups -OCH3 is 1. The average molecular weight is 728 g/mol. The number of alkyl carbamates (subject to hydrolysis) is 1. The van der Waals surface area contributed by atoms with Crippen molar-refractivity contribution in [2.45, 2.75) is 102 Å². The number of halogens is 1. The summed E-state index contributed by atoms with van der Waals surface area (Å²) in [7, 11) is 1.58. The summed E-state index contributed by atoms with van der Waals surface area (Å²) in [5.41, 5.74) is -1.82. The topological polar surface area (TPSA) is 136 Å². The summed E-state index contributed by atoms with van der Waals surface area (Å²) in [6, 6.07) is 3.65.